The predicted octanol–water partition coefficient (Wildman–Crippen LogP) is 0.731. The Hall–Kier alpha value is -0.710. The number of aldehydes is 1. The van der Waals surface area contributed by atoms with Crippen LogP contribution in [0.3, 0.4) is 0 Å². The first-order valence-corrected chi connectivity index (χ1v) is 5.86. The number of carbonyl (C=O) groups is 1. The van der Waals surface area contributed by atoms with Crippen molar-refractivity contribution < 1.29 is 19.7 Å². The van der Waals surface area contributed by atoms with Crippen molar-refractivity contribution in [1.82, 2.24) is 0 Å². The first kappa shape index (κ1) is 12.7. The minimum atomic E-state index is -1.54. The highest BCUT2D eigenvalue weighted by molar-refractivity contribution is 5.69. The molecule has 0 saturated heterocycles. The third-order valence-corrected chi connectivity index (χ3v) is 5.16. The minimum Gasteiger partial charge on any atom is -0.396 e. The van der Waals surface area contributed by atoms with Crippen molar-refractivity contribution >= 4 is 6.29 Å². The minimum absolute atomic E-state index is 0.0684. The molecule has 0 aromatic carbocycles. The molecule has 2 fully saturated rings. The van der Waals surface area contributed by atoms with Crippen LogP contribution in [-0.4, -0.2) is 36.0 Å². The quantitative estimate of drug-likeness (QED) is 0.433. The topological polar surface area (TPSA) is 66.8 Å². The third kappa shape index (κ3) is 1.07. The highest BCUT2D eigenvalue weighted by atomic mass is 16.6. The molecule has 4 unspecified atom stereocenters. The van der Waals surface area contributed by atoms with Gasteiger partial charge < -0.3 is 19.7 Å². The fourth-order valence-electron chi connectivity index (χ4n) is 3.93. The van der Waals surface area contributed by atoms with E-state index in [1.807, 2.05) is 13.8 Å². The van der Waals surface area contributed by atoms with Crippen molar-refractivity contribution in [1.29, 1.82) is 0 Å². The number of methoxy groups -OCH3 is 1. The fourth-order valence-corrected chi connectivity index (χ4v) is 3.93. The second-order valence-electron chi connectivity index (χ2n) is 5.76. The number of ether oxygens (including phenoxy) is 1. The fraction of sp³-hybridized carbons (Fsp3) is 0.769. The van der Waals surface area contributed by atoms with Crippen molar-refractivity contribution in [3.8, 4) is 0 Å². The van der Waals surface area contributed by atoms with Crippen LogP contribution in [0.5, 0.6) is 0 Å². The Morgan fingerprint density at radius 3 is 2.53 bits per heavy atom. The molecule has 4 nitrogen and oxygen atoms in total. The summed E-state index contributed by atoms with van der Waals surface area (Å²) in [5, 5.41) is 20.1. The molecule has 0 radical (unpaired) electrons. The highest BCUT2D eigenvalue weighted by Crippen LogP contribution is 2.72. The van der Waals surface area contributed by atoms with Gasteiger partial charge in [-0.15, -0.1) is 0 Å². The number of aliphatic hydroxyl groups is 2. The predicted molar refractivity (Wildman–Crippen MR) is 62.1 cm³/mol. The Labute approximate surface area is 101 Å². The van der Waals surface area contributed by atoms with Gasteiger partial charge in [0.2, 0.25) is 0 Å². The second kappa shape index (κ2) is 3.40. The van der Waals surface area contributed by atoms with Crippen LogP contribution in [0.15, 0.2) is 12.2 Å². The van der Waals surface area contributed by atoms with Crippen molar-refractivity contribution in [2.75, 3.05) is 13.7 Å². The van der Waals surface area contributed by atoms with Gasteiger partial charge in [0.25, 0.3) is 0 Å². The molecule has 96 valence electrons. The molecule has 17 heavy (non-hydrogen) atoms. The van der Waals surface area contributed by atoms with Gasteiger partial charge in [0, 0.05) is 25.0 Å². The van der Waals surface area contributed by atoms with Gasteiger partial charge in [0.15, 0.2) is 5.79 Å². The van der Waals surface area contributed by atoms with Crippen molar-refractivity contribution in [3.05, 3.63) is 12.2 Å². The molecule has 0 aromatic heterocycles. The van der Waals surface area contributed by atoms with Gasteiger partial charge in [0.1, 0.15) is 6.29 Å². The average molecular weight is 240 g/mol. The van der Waals surface area contributed by atoms with Crippen LogP contribution in [0, 0.1) is 22.7 Å². The monoisotopic (exact) mass is 240 g/mol. The summed E-state index contributed by atoms with van der Waals surface area (Å²) in [6.45, 7) is 7.75. The van der Waals surface area contributed by atoms with Crippen LogP contribution in [0.2, 0.25) is 0 Å². The molecule has 0 amide bonds. The van der Waals surface area contributed by atoms with E-state index < -0.39 is 16.6 Å². The summed E-state index contributed by atoms with van der Waals surface area (Å²) in [4.78, 5) is 11.6. The van der Waals surface area contributed by atoms with E-state index in [1.165, 1.54) is 7.11 Å². The number of hydrogen-bond donors (Lipinski definition) is 2. The van der Waals surface area contributed by atoms with Gasteiger partial charge in [0.05, 0.1) is 5.41 Å². The summed E-state index contributed by atoms with van der Waals surface area (Å²) in [7, 11) is 1.40. The van der Waals surface area contributed by atoms with Crippen molar-refractivity contribution in [3.63, 3.8) is 0 Å². The van der Waals surface area contributed by atoms with Gasteiger partial charge in [-0.1, -0.05) is 26.0 Å². The largest absolute Gasteiger partial charge is 0.396 e. The third-order valence-electron chi connectivity index (χ3n) is 5.16. The SMILES string of the molecule is C=C1C2C(CO)CC(C=O)(C1(C)C)C2(O)OC. The molecule has 0 heterocycles. The average Bonchev–Trinajstić information content (AvgIpc) is 2.63. The lowest BCUT2D eigenvalue weighted by Crippen LogP contribution is -2.51. The van der Waals surface area contributed by atoms with Gasteiger partial charge in [-0.05, 0) is 12.3 Å². The van der Waals surface area contributed by atoms with Crippen LogP contribution in [0.1, 0.15) is 20.3 Å². The maximum absolute atomic E-state index is 11.6. The molecule has 0 aliphatic heterocycles. The van der Waals surface area contributed by atoms with E-state index in [4.69, 9.17) is 4.74 Å². The van der Waals surface area contributed by atoms with E-state index in [1.54, 1.807) is 0 Å². The zero-order valence-corrected chi connectivity index (χ0v) is 10.6. The van der Waals surface area contributed by atoms with E-state index >= 15 is 0 Å². The molecule has 0 aromatic rings. The van der Waals surface area contributed by atoms with Crippen molar-refractivity contribution in [2.45, 2.75) is 26.1 Å². The Kier molecular flexibility index (Phi) is 2.55. The molecular formula is C13H20O4. The zero-order chi connectivity index (χ0) is 13.1. The van der Waals surface area contributed by atoms with Gasteiger partial charge in [-0.3, -0.25) is 0 Å². The van der Waals surface area contributed by atoms with Gasteiger partial charge in [-0.25, -0.2) is 0 Å². The summed E-state index contributed by atoms with van der Waals surface area (Å²) >= 11 is 0. The number of hydrogen-bond acceptors (Lipinski definition) is 4. The molecular weight excluding hydrogens is 220 g/mol. The number of aliphatic hydroxyl groups excluding tert-OH is 1. The molecule has 2 N–H and O–H groups in total. The second-order valence-corrected chi connectivity index (χ2v) is 5.76. The number of rotatable bonds is 3. The number of fused-ring (bicyclic) bond motifs is 2. The van der Waals surface area contributed by atoms with E-state index in [2.05, 4.69) is 6.58 Å². The maximum Gasteiger partial charge on any atom is 0.185 e. The Bertz CT molecular complexity index is 376. The standard InChI is InChI=1S/C13H20O4/c1-8-10-9(6-14)5-12(7-15,11(8,2)3)13(10,16)17-4/h7,9-10,14,16H,1,5-6H2,2-4H3. The molecule has 4 atom stereocenters. The summed E-state index contributed by atoms with van der Waals surface area (Å²) in [5.41, 5.74) is -0.737. The van der Waals surface area contributed by atoms with Crippen LogP contribution in [-0.2, 0) is 9.53 Å². The maximum atomic E-state index is 11.6. The first-order valence-electron chi connectivity index (χ1n) is 5.86. The lowest BCUT2D eigenvalue weighted by molar-refractivity contribution is -0.249. The summed E-state index contributed by atoms with van der Waals surface area (Å²) in [6, 6.07) is 0. The van der Waals surface area contributed by atoms with Crippen LogP contribution in [0.4, 0.5) is 0 Å². The molecule has 2 saturated carbocycles. The van der Waals surface area contributed by atoms with Gasteiger partial charge in [-0.2, -0.15) is 0 Å². The normalized spacial score (nSPS) is 47.5. The Morgan fingerprint density at radius 1 is 1.59 bits per heavy atom. The van der Waals surface area contributed by atoms with E-state index in [0.29, 0.717) is 6.42 Å². The molecule has 2 aliphatic carbocycles. The van der Waals surface area contributed by atoms with Crippen LogP contribution in [0.25, 0.3) is 0 Å². The van der Waals surface area contributed by atoms with E-state index in [0.717, 1.165) is 11.9 Å². The summed E-state index contributed by atoms with van der Waals surface area (Å²) in [5.74, 6) is -2.08. The molecule has 4 heteroatoms. The van der Waals surface area contributed by atoms with Crippen LogP contribution >= 0.6 is 0 Å². The van der Waals surface area contributed by atoms with Crippen molar-refractivity contribution in [2.24, 2.45) is 22.7 Å². The Balaban J connectivity index is 2.64. The van der Waals surface area contributed by atoms with E-state index in [9.17, 15) is 15.0 Å². The zero-order valence-electron chi connectivity index (χ0n) is 10.6. The molecule has 2 rings (SSSR count). The summed E-state index contributed by atoms with van der Waals surface area (Å²) in [6.07, 6.45) is 1.23. The molecule has 0 spiro atoms. The number of carbonyl (C=O) groups excluding carboxylic acids is 1. The highest BCUT2D eigenvalue weighted by Gasteiger charge is 2.77. The molecule has 2 aliphatic rings. The van der Waals surface area contributed by atoms with Gasteiger partial charge >= 0.3 is 0 Å². The van der Waals surface area contributed by atoms with E-state index in [-0.39, 0.29) is 18.4 Å². The summed E-state index contributed by atoms with van der Waals surface area (Å²) < 4.78 is 5.27. The molecule has 2 bridgehead atoms. The van der Waals surface area contributed by atoms with Crippen LogP contribution < -0.4 is 0 Å². The first-order chi connectivity index (χ1) is 7.82. The Morgan fingerprint density at radius 2 is 2.18 bits per heavy atom. The lowest BCUT2D eigenvalue weighted by Gasteiger charge is -2.42. The lowest BCUT2D eigenvalue weighted by atomic mass is 9.61. The smallest absolute Gasteiger partial charge is 0.185 e.